The first-order valence-electron chi connectivity index (χ1n) is 8.17. The van der Waals surface area contributed by atoms with Gasteiger partial charge in [0.05, 0.1) is 12.8 Å². The number of hydrogen-bond donors (Lipinski definition) is 1. The minimum absolute atomic E-state index is 0.507. The van der Waals surface area contributed by atoms with E-state index >= 15 is 0 Å². The minimum atomic E-state index is 0.507. The smallest absolute Gasteiger partial charge is 0.119 e. The van der Waals surface area contributed by atoms with Crippen molar-refractivity contribution in [3.63, 3.8) is 0 Å². The molecular weight excluding hydrogens is 367 g/mol. The molecule has 26 heavy (non-hydrogen) atoms. The van der Waals surface area contributed by atoms with E-state index < -0.39 is 0 Å². The molecule has 0 aliphatic carbocycles. The van der Waals surface area contributed by atoms with Crippen molar-refractivity contribution in [1.82, 2.24) is 5.43 Å². The van der Waals surface area contributed by atoms with Crippen LogP contribution in [0.2, 0.25) is 10.0 Å². The van der Waals surface area contributed by atoms with Crippen molar-refractivity contribution in [1.29, 1.82) is 0 Å². The maximum absolute atomic E-state index is 5.88. The molecule has 1 N–H and O–H groups in total. The van der Waals surface area contributed by atoms with Crippen LogP contribution in [-0.2, 0) is 13.2 Å². The highest BCUT2D eigenvalue weighted by molar-refractivity contribution is 6.30. The molecule has 0 unspecified atom stereocenters. The first kappa shape index (κ1) is 18.3. The SMILES string of the molecule is Clc1ccc(CN/N=C\c2ccc(OCc3ccc(Cl)cc3)cc2)cc1. The summed E-state index contributed by atoms with van der Waals surface area (Å²) in [4.78, 5) is 0. The van der Waals surface area contributed by atoms with Gasteiger partial charge < -0.3 is 10.2 Å². The van der Waals surface area contributed by atoms with Crippen LogP contribution in [-0.4, -0.2) is 6.21 Å². The molecule has 0 bridgehead atoms. The number of hydrogen-bond acceptors (Lipinski definition) is 3. The van der Waals surface area contributed by atoms with E-state index in [1.54, 1.807) is 6.21 Å². The Kier molecular flexibility index (Phi) is 6.53. The molecule has 0 aromatic heterocycles. The molecule has 0 aliphatic rings. The van der Waals surface area contributed by atoms with Crippen LogP contribution in [0.1, 0.15) is 16.7 Å². The molecule has 0 saturated carbocycles. The monoisotopic (exact) mass is 384 g/mol. The number of nitrogens with one attached hydrogen (secondary N) is 1. The van der Waals surface area contributed by atoms with Crippen molar-refractivity contribution < 1.29 is 4.74 Å². The summed E-state index contributed by atoms with van der Waals surface area (Å²) in [5, 5.41) is 5.69. The van der Waals surface area contributed by atoms with E-state index in [1.807, 2.05) is 72.8 Å². The minimum Gasteiger partial charge on any atom is -0.489 e. The topological polar surface area (TPSA) is 33.6 Å². The zero-order chi connectivity index (χ0) is 18.2. The number of halogens is 2. The van der Waals surface area contributed by atoms with Crippen molar-refractivity contribution in [2.75, 3.05) is 0 Å². The molecule has 0 radical (unpaired) electrons. The van der Waals surface area contributed by atoms with Crippen molar-refractivity contribution in [3.8, 4) is 5.75 Å². The van der Waals surface area contributed by atoms with E-state index in [0.29, 0.717) is 13.2 Å². The zero-order valence-electron chi connectivity index (χ0n) is 14.0. The molecule has 132 valence electrons. The molecule has 0 atom stereocenters. The summed E-state index contributed by atoms with van der Waals surface area (Å²) in [5.74, 6) is 0.811. The molecule has 3 rings (SSSR count). The van der Waals surface area contributed by atoms with Crippen LogP contribution in [0.15, 0.2) is 77.9 Å². The van der Waals surface area contributed by atoms with Gasteiger partial charge in [-0.3, -0.25) is 0 Å². The van der Waals surface area contributed by atoms with Gasteiger partial charge in [0, 0.05) is 10.0 Å². The van der Waals surface area contributed by atoms with Gasteiger partial charge in [-0.2, -0.15) is 5.10 Å². The van der Waals surface area contributed by atoms with Crippen LogP contribution in [0.3, 0.4) is 0 Å². The Morgan fingerprint density at radius 2 is 1.35 bits per heavy atom. The highest BCUT2D eigenvalue weighted by Gasteiger charge is 1.97. The molecule has 0 aliphatic heterocycles. The lowest BCUT2D eigenvalue weighted by molar-refractivity contribution is 0.306. The first-order valence-corrected chi connectivity index (χ1v) is 8.92. The standard InChI is InChI=1S/C21H18Cl2N2O/c22-19-7-1-16(2-8-19)13-24-25-14-17-5-11-21(12-6-17)26-15-18-3-9-20(23)10-4-18/h1-12,14,24H,13,15H2/b25-14-. The average Bonchev–Trinajstić information content (AvgIpc) is 2.67. The summed E-state index contributed by atoms with van der Waals surface area (Å²) in [6.45, 7) is 1.16. The lowest BCUT2D eigenvalue weighted by Gasteiger charge is -2.06. The number of benzene rings is 3. The Labute approximate surface area is 163 Å². The Bertz CT molecular complexity index is 845. The van der Waals surface area contributed by atoms with Crippen molar-refractivity contribution in [3.05, 3.63) is 99.5 Å². The van der Waals surface area contributed by atoms with Gasteiger partial charge in [-0.15, -0.1) is 0 Å². The Balaban J connectivity index is 1.46. The molecule has 5 heteroatoms. The van der Waals surface area contributed by atoms with E-state index in [1.165, 1.54) is 0 Å². The predicted molar refractivity (Wildman–Crippen MR) is 108 cm³/mol. The first-order chi connectivity index (χ1) is 12.7. The molecule has 0 saturated heterocycles. The van der Waals surface area contributed by atoms with Crippen LogP contribution < -0.4 is 10.2 Å². The fourth-order valence-electron chi connectivity index (χ4n) is 2.26. The lowest BCUT2D eigenvalue weighted by atomic mass is 10.2. The molecule has 3 nitrogen and oxygen atoms in total. The van der Waals surface area contributed by atoms with Crippen LogP contribution in [0.25, 0.3) is 0 Å². The van der Waals surface area contributed by atoms with Crippen molar-refractivity contribution in [2.24, 2.45) is 5.10 Å². The molecule has 0 heterocycles. The third-order valence-electron chi connectivity index (χ3n) is 3.70. The third kappa shape index (κ3) is 5.80. The number of rotatable bonds is 7. The lowest BCUT2D eigenvalue weighted by Crippen LogP contribution is -2.05. The Morgan fingerprint density at radius 3 is 1.96 bits per heavy atom. The van der Waals surface area contributed by atoms with Crippen LogP contribution in [0, 0.1) is 0 Å². The number of ether oxygens (including phenoxy) is 1. The van der Waals surface area contributed by atoms with Crippen LogP contribution in [0.5, 0.6) is 5.75 Å². The summed E-state index contributed by atoms with van der Waals surface area (Å²) in [7, 11) is 0. The highest BCUT2D eigenvalue weighted by atomic mass is 35.5. The van der Waals surface area contributed by atoms with Gasteiger partial charge in [0.1, 0.15) is 12.4 Å². The quantitative estimate of drug-likeness (QED) is 0.418. The number of nitrogens with zero attached hydrogens (tertiary/aromatic N) is 1. The average molecular weight is 385 g/mol. The number of hydrazone groups is 1. The zero-order valence-corrected chi connectivity index (χ0v) is 15.5. The van der Waals surface area contributed by atoms with Gasteiger partial charge in [-0.05, 0) is 65.2 Å². The third-order valence-corrected chi connectivity index (χ3v) is 4.20. The van der Waals surface area contributed by atoms with E-state index in [-0.39, 0.29) is 0 Å². The molecule has 0 spiro atoms. The van der Waals surface area contributed by atoms with Gasteiger partial charge in [0.2, 0.25) is 0 Å². The highest BCUT2D eigenvalue weighted by Crippen LogP contribution is 2.15. The van der Waals surface area contributed by atoms with E-state index in [0.717, 1.165) is 32.5 Å². The van der Waals surface area contributed by atoms with Crippen molar-refractivity contribution in [2.45, 2.75) is 13.2 Å². The molecular formula is C21H18Cl2N2O. The second-order valence-corrected chi connectivity index (χ2v) is 6.58. The van der Waals surface area contributed by atoms with Crippen LogP contribution in [0.4, 0.5) is 0 Å². The predicted octanol–water partition coefficient (Wildman–Crippen LogP) is 5.70. The van der Waals surface area contributed by atoms with Gasteiger partial charge in [-0.25, -0.2) is 0 Å². The van der Waals surface area contributed by atoms with Gasteiger partial charge in [0.25, 0.3) is 0 Å². The summed E-state index contributed by atoms with van der Waals surface area (Å²) in [6, 6.07) is 23.1. The van der Waals surface area contributed by atoms with Gasteiger partial charge in [-0.1, -0.05) is 47.5 Å². The summed E-state index contributed by atoms with van der Waals surface area (Å²) < 4.78 is 5.77. The second kappa shape index (κ2) is 9.27. The normalized spacial score (nSPS) is 10.8. The van der Waals surface area contributed by atoms with E-state index in [4.69, 9.17) is 27.9 Å². The molecule has 3 aromatic carbocycles. The van der Waals surface area contributed by atoms with Gasteiger partial charge in [0.15, 0.2) is 0 Å². The summed E-state index contributed by atoms with van der Waals surface area (Å²) in [6.07, 6.45) is 1.78. The second-order valence-electron chi connectivity index (χ2n) is 5.70. The maximum Gasteiger partial charge on any atom is 0.119 e. The molecule has 3 aromatic rings. The van der Waals surface area contributed by atoms with E-state index in [2.05, 4.69) is 10.5 Å². The molecule has 0 fully saturated rings. The Morgan fingerprint density at radius 1 is 0.769 bits per heavy atom. The fraction of sp³-hybridized carbons (Fsp3) is 0.0952. The fourth-order valence-corrected chi connectivity index (χ4v) is 2.51. The van der Waals surface area contributed by atoms with Crippen LogP contribution >= 0.6 is 23.2 Å². The Hall–Kier alpha value is -2.49. The summed E-state index contributed by atoms with van der Waals surface area (Å²) in [5.41, 5.74) is 6.21. The van der Waals surface area contributed by atoms with Crippen molar-refractivity contribution >= 4 is 29.4 Å². The largest absolute Gasteiger partial charge is 0.489 e. The van der Waals surface area contributed by atoms with E-state index in [9.17, 15) is 0 Å². The summed E-state index contributed by atoms with van der Waals surface area (Å²) >= 11 is 11.7. The maximum atomic E-state index is 5.88. The molecule has 0 amide bonds. The van der Waals surface area contributed by atoms with Gasteiger partial charge >= 0.3 is 0 Å².